The molecule has 1 aromatic heterocycles. The van der Waals surface area contributed by atoms with Crippen LogP contribution in [-0.4, -0.2) is 22.8 Å². The van der Waals surface area contributed by atoms with Crippen molar-refractivity contribution in [1.82, 2.24) is 9.88 Å². The second-order valence-electron chi connectivity index (χ2n) is 2.55. The van der Waals surface area contributed by atoms with E-state index in [0.717, 1.165) is 30.8 Å². The molecule has 0 atom stereocenters. The van der Waals surface area contributed by atoms with Crippen LogP contribution in [0.4, 0.5) is 0 Å². The molecule has 1 aliphatic rings. The number of oxazole rings is 1. The number of fused-ring (bicyclic) bond motifs is 1. The summed E-state index contributed by atoms with van der Waals surface area (Å²) >= 11 is 0. The van der Waals surface area contributed by atoms with Crippen LogP contribution in [-0.2, 0) is 17.8 Å². The number of hydrogen-bond acceptors (Lipinski definition) is 3. The van der Waals surface area contributed by atoms with Gasteiger partial charge in [0.05, 0.1) is 6.54 Å². The molecule has 1 amide bonds. The first-order valence-electron chi connectivity index (χ1n) is 3.51. The van der Waals surface area contributed by atoms with Gasteiger partial charge in [-0.3, -0.25) is 4.79 Å². The molecule has 0 unspecified atom stereocenters. The number of amides is 1. The Morgan fingerprint density at radius 3 is 3.45 bits per heavy atom. The molecule has 0 aliphatic carbocycles. The summed E-state index contributed by atoms with van der Waals surface area (Å²) in [6, 6.07) is 0. The fraction of sp³-hybridized carbons (Fsp3) is 0.429. The van der Waals surface area contributed by atoms with Crippen LogP contribution in [0, 0.1) is 0 Å². The molecule has 58 valence electrons. The van der Waals surface area contributed by atoms with Gasteiger partial charge in [-0.05, 0) is 0 Å². The fourth-order valence-corrected chi connectivity index (χ4v) is 1.23. The van der Waals surface area contributed by atoms with Crippen LogP contribution in [0.5, 0.6) is 0 Å². The zero-order valence-corrected chi connectivity index (χ0v) is 5.99. The van der Waals surface area contributed by atoms with Crippen molar-refractivity contribution in [2.24, 2.45) is 0 Å². The van der Waals surface area contributed by atoms with E-state index in [-0.39, 0.29) is 0 Å². The van der Waals surface area contributed by atoms with Crippen molar-refractivity contribution in [1.29, 1.82) is 0 Å². The zero-order valence-electron chi connectivity index (χ0n) is 5.99. The van der Waals surface area contributed by atoms with E-state index in [1.807, 2.05) is 0 Å². The summed E-state index contributed by atoms with van der Waals surface area (Å²) < 4.78 is 5.10. The molecule has 2 rings (SSSR count). The minimum Gasteiger partial charge on any atom is -0.448 e. The molecule has 0 bridgehead atoms. The molecule has 0 radical (unpaired) electrons. The monoisotopic (exact) mass is 152 g/mol. The molecule has 0 aromatic carbocycles. The maximum Gasteiger partial charge on any atom is 0.210 e. The van der Waals surface area contributed by atoms with Crippen molar-refractivity contribution < 1.29 is 9.21 Å². The number of carbonyl (C=O) groups excluding carboxylic acids is 1. The van der Waals surface area contributed by atoms with Crippen molar-refractivity contribution in [3.05, 3.63) is 17.8 Å². The smallest absolute Gasteiger partial charge is 0.210 e. The number of hydrogen-bond donors (Lipinski definition) is 0. The molecule has 4 nitrogen and oxygen atoms in total. The second kappa shape index (κ2) is 2.38. The SMILES string of the molecule is O=CN1CCc2ocnc2C1. The third kappa shape index (κ3) is 1.00. The molecule has 0 fully saturated rings. The largest absolute Gasteiger partial charge is 0.448 e. The molecule has 0 N–H and O–H groups in total. The van der Waals surface area contributed by atoms with E-state index in [2.05, 4.69) is 4.98 Å². The van der Waals surface area contributed by atoms with E-state index in [1.165, 1.54) is 6.39 Å². The molecular weight excluding hydrogens is 144 g/mol. The molecule has 0 saturated heterocycles. The van der Waals surface area contributed by atoms with Crippen molar-refractivity contribution in [2.75, 3.05) is 6.54 Å². The van der Waals surface area contributed by atoms with E-state index in [9.17, 15) is 4.79 Å². The Morgan fingerprint density at radius 2 is 2.64 bits per heavy atom. The topological polar surface area (TPSA) is 46.3 Å². The Balaban J connectivity index is 2.24. The van der Waals surface area contributed by atoms with E-state index in [4.69, 9.17) is 4.42 Å². The van der Waals surface area contributed by atoms with Crippen LogP contribution >= 0.6 is 0 Å². The van der Waals surface area contributed by atoms with E-state index in [1.54, 1.807) is 4.90 Å². The Hall–Kier alpha value is -1.32. The highest BCUT2D eigenvalue weighted by Gasteiger charge is 2.17. The van der Waals surface area contributed by atoms with Crippen LogP contribution in [0.15, 0.2) is 10.8 Å². The molecule has 0 spiro atoms. The quantitative estimate of drug-likeness (QED) is 0.539. The highest BCUT2D eigenvalue weighted by Crippen LogP contribution is 2.15. The predicted molar refractivity (Wildman–Crippen MR) is 36.7 cm³/mol. The van der Waals surface area contributed by atoms with Crippen LogP contribution < -0.4 is 0 Å². The summed E-state index contributed by atoms with van der Waals surface area (Å²) in [6.07, 6.45) is 3.06. The summed E-state index contributed by atoms with van der Waals surface area (Å²) in [5, 5.41) is 0. The Bertz CT molecular complexity index is 269. The maximum atomic E-state index is 10.4. The van der Waals surface area contributed by atoms with Crippen molar-refractivity contribution in [3.63, 3.8) is 0 Å². The highest BCUT2D eigenvalue weighted by molar-refractivity contribution is 5.47. The van der Waals surface area contributed by atoms with Gasteiger partial charge in [0.25, 0.3) is 0 Å². The normalized spacial score (nSPS) is 16.2. The third-order valence-corrected chi connectivity index (χ3v) is 1.85. The van der Waals surface area contributed by atoms with Crippen molar-refractivity contribution in [2.45, 2.75) is 13.0 Å². The fourth-order valence-electron chi connectivity index (χ4n) is 1.23. The summed E-state index contributed by atoms with van der Waals surface area (Å²) in [7, 11) is 0. The molecule has 2 heterocycles. The maximum absolute atomic E-state index is 10.4. The molecule has 4 heteroatoms. The number of carbonyl (C=O) groups is 1. The minimum atomic E-state index is 0.593. The first-order valence-corrected chi connectivity index (χ1v) is 3.51. The third-order valence-electron chi connectivity index (χ3n) is 1.85. The van der Waals surface area contributed by atoms with E-state index < -0.39 is 0 Å². The van der Waals surface area contributed by atoms with Crippen LogP contribution in [0.25, 0.3) is 0 Å². The van der Waals surface area contributed by atoms with Gasteiger partial charge in [0.15, 0.2) is 6.39 Å². The van der Waals surface area contributed by atoms with Gasteiger partial charge < -0.3 is 9.32 Å². The van der Waals surface area contributed by atoms with Crippen LogP contribution in [0.3, 0.4) is 0 Å². The van der Waals surface area contributed by atoms with Crippen molar-refractivity contribution >= 4 is 6.41 Å². The van der Waals surface area contributed by atoms with Gasteiger partial charge in [-0.25, -0.2) is 4.98 Å². The highest BCUT2D eigenvalue weighted by atomic mass is 16.3. The average molecular weight is 152 g/mol. The standard InChI is InChI=1S/C7H8N2O2/c10-5-9-2-1-7-6(3-9)8-4-11-7/h4-5H,1-3H2. The van der Waals surface area contributed by atoms with Crippen LogP contribution in [0.1, 0.15) is 11.5 Å². The van der Waals surface area contributed by atoms with E-state index in [0.29, 0.717) is 6.54 Å². The number of aromatic nitrogens is 1. The molecule has 1 aromatic rings. The lowest BCUT2D eigenvalue weighted by Gasteiger charge is -2.19. The Labute approximate surface area is 63.8 Å². The lowest BCUT2D eigenvalue weighted by molar-refractivity contribution is -0.119. The van der Waals surface area contributed by atoms with E-state index >= 15 is 0 Å². The summed E-state index contributed by atoms with van der Waals surface area (Å²) in [5.74, 6) is 0.920. The molecule has 11 heavy (non-hydrogen) atoms. The predicted octanol–water partition coefficient (Wildman–Crippen LogP) is 0.189. The molecule has 1 aliphatic heterocycles. The Kier molecular flexibility index (Phi) is 1.38. The zero-order chi connectivity index (χ0) is 7.68. The van der Waals surface area contributed by atoms with Crippen molar-refractivity contribution in [3.8, 4) is 0 Å². The summed E-state index contributed by atoms with van der Waals surface area (Å²) in [4.78, 5) is 16.0. The van der Waals surface area contributed by atoms with Gasteiger partial charge in [-0.2, -0.15) is 0 Å². The minimum absolute atomic E-state index is 0.593. The summed E-state index contributed by atoms with van der Waals surface area (Å²) in [5.41, 5.74) is 0.892. The van der Waals surface area contributed by atoms with Gasteiger partial charge in [-0.1, -0.05) is 0 Å². The van der Waals surface area contributed by atoms with Gasteiger partial charge in [0, 0.05) is 13.0 Å². The lowest BCUT2D eigenvalue weighted by Crippen LogP contribution is -2.28. The van der Waals surface area contributed by atoms with Gasteiger partial charge >= 0.3 is 0 Å². The first kappa shape index (κ1) is 6.39. The number of rotatable bonds is 1. The molecular formula is C7H8N2O2. The Morgan fingerprint density at radius 1 is 1.73 bits per heavy atom. The lowest BCUT2D eigenvalue weighted by atomic mass is 10.2. The second-order valence-corrected chi connectivity index (χ2v) is 2.55. The number of nitrogens with zero attached hydrogens (tertiary/aromatic N) is 2. The van der Waals surface area contributed by atoms with Crippen LogP contribution in [0.2, 0.25) is 0 Å². The van der Waals surface area contributed by atoms with Gasteiger partial charge in [0.1, 0.15) is 11.5 Å². The first-order chi connectivity index (χ1) is 5.40. The average Bonchev–Trinajstić information content (AvgIpc) is 2.50. The van der Waals surface area contributed by atoms with Gasteiger partial charge in [-0.15, -0.1) is 0 Å². The van der Waals surface area contributed by atoms with Gasteiger partial charge in [0.2, 0.25) is 6.41 Å². The summed E-state index contributed by atoms with van der Waals surface area (Å²) in [6.45, 7) is 1.33. The molecule has 0 saturated carbocycles.